The second kappa shape index (κ2) is 5.70. The molecule has 100 valence electrons. The van der Waals surface area contributed by atoms with Crippen LogP contribution in [0.5, 0.6) is 0 Å². The van der Waals surface area contributed by atoms with Crippen LogP contribution in [0.2, 0.25) is 0 Å². The van der Waals surface area contributed by atoms with Crippen molar-refractivity contribution >= 4 is 5.69 Å². The molecular formula is C15H25N3. The number of hydrogen-bond donors (Lipinski definition) is 1. The zero-order chi connectivity index (χ0) is 13.1. The molecule has 0 radical (unpaired) electrons. The van der Waals surface area contributed by atoms with E-state index in [-0.39, 0.29) is 0 Å². The molecule has 0 aliphatic carbocycles. The first-order valence-electron chi connectivity index (χ1n) is 6.98. The van der Waals surface area contributed by atoms with Gasteiger partial charge in [-0.2, -0.15) is 0 Å². The van der Waals surface area contributed by atoms with Crippen LogP contribution in [-0.4, -0.2) is 30.7 Å². The van der Waals surface area contributed by atoms with Gasteiger partial charge in [-0.3, -0.25) is 4.98 Å². The van der Waals surface area contributed by atoms with E-state index in [0.29, 0.717) is 12.0 Å². The Labute approximate surface area is 111 Å². The minimum Gasteiger partial charge on any atom is -0.369 e. The summed E-state index contributed by atoms with van der Waals surface area (Å²) < 4.78 is 0. The van der Waals surface area contributed by atoms with Gasteiger partial charge in [0.15, 0.2) is 0 Å². The number of hydrogen-bond acceptors (Lipinski definition) is 3. The number of pyridine rings is 1. The lowest BCUT2D eigenvalue weighted by molar-refractivity contribution is 0.410. The molecule has 0 bridgehead atoms. The second-order valence-corrected chi connectivity index (χ2v) is 5.71. The third-order valence-electron chi connectivity index (χ3n) is 3.80. The molecule has 1 aliphatic heterocycles. The van der Waals surface area contributed by atoms with Crippen LogP contribution >= 0.6 is 0 Å². The monoisotopic (exact) mass is 247 g/mol. The van der Waals surface area contributed by atoms with Gasteiger partial charge in [-0.15, -0.1) is 0 Å². The molecule has 3 nitrogen and oxygen atoms in total. The molecule has 2 atom stereocenters. The number of rotatable bonds is 1. The molecule has 1 saturated heterocycles. The highest BCUT2D eigenvalue weighted by Crippen LogP contribution is 2.24. The Morgan fingerprint density at radius 2 is 2.11 bits per heavy atom. The van der Waals surface area contributed by atoms with Crippen LogP contribution < -0.4 is 10.2 Å². The van der Waals surface area contributed by atoms with Crippen LogP contribution in [0.4, 0.5) is 5.69 Å². The summed E-state index contributed by atoms with van der Waals surface area (Å²) in [5.41, 5.74) is 3.85. The summed E-state index contributed by atoms with van der Waals surface area (Å²) in [6.07, 6.45) is 3.10. The highest BCUT2D eigenvalue weighted by Gasteiger charge is 2.19. The third kappa shape index (κ3) is 3.02. The second-order valence-electron chi connectivity index (χ2n) is 5.71. The lowest BCUT2D eigenvalue weighted by Gasteiger charge is -2.34. The average molecular weight is 247 g/mol. The molecule has 1 aliphatic rings. The fourth-order valence-corrected chi connectivity index (χ4v) is 2.75. The third-order valence-corrected chi connectivity index (χ3v) is 3.80. The predicted octanol–water partition coefficient (Wildman–Crippen LogP) is 2.52. The molecule has 0 spiro atoms. The number of nitrogens with zero attached hydrogens (tertiary/aromatic N) is 2. The molecular weight excluding hydrogens is 222 g/mol. The zero-order valence-corrected chi connectivity index (χ0v) is 12.0. The van der Waals surface area contributed by atoms with Crippen molar-refractivity contribution in [2.24, 2.45) is 5.92 Å². The van der Waals surface area contributed by atoms with Crippen LogP contribution in [0.1, 0.15) is 31.5 Å². The van der Waals surface area contributed by atoms with E-state index in [0.717, 1.165) is 25.3 Å². The number of nitrogens with one attached hydrogen (secondary N) is 1. The van der Waals surface area contributed by atoms with E-state index in [2.05, 4.69) is 49.0 Å². The summed E-state index contributed by atoms with van der Waals surface area (Å²) in [6.45, 7) is 12.2. The van der Waals surface area contributed by atoms with Crippen LogP contribution in [-0.2, 0) is 0 Å². The van der Waals surface area contributed by atoms with Gasteiger partial charge in [-0.25, -0.2) is 0 Å². The van der Waals surface area contributed by atoms with Gasteiger partial charge >= 0.3 is 0 Å². The van der Waals surface area contributed by atoms with E-state index in [4.69, 9.17) is 0 Å². The summed E-state index contributed by atoms with van der Waals surface area (Å²) in [5.74, 6) is 0.673. The maximum absolute atomic E-state index is 4.46. The molecule has 2 rings (SSSR count). The summed E-state index contributed by atoms with van der Waals surface area (Å²) >= 11 is 0. The molecule has 1 aromatic rings. The lowest BCUT2D eigenvalue weighted by atomic mass is 10.0. The van der Waals surface area contributed by atoms with Gasteiger partial charge in [0, 0.05) is 25.3 Å². The van der Waals surface area contributed by atoms with Gasteiger partial charge in [-0.1, -0.05) is 6.92 Å². The smallest absolute Gasteiger partial charge is 0.0612 e. The molecule has 2 unspecified atom stereocenters. The van der Waals surface area contributed by atoms with Crippen molar-refractivity contribution in [1.82, 2.24) is 10.3 Å². The SMILES string of the molecule is Cc1ccnc(C)c1N1CCC(C)NCC(C)C1. The number of aryl methyl sites for hydroxylation is 2. The maximum atomic E-state index is 4.46. The van der Waals surface area contributed by atoms with Gasteiger partial charge in [-0.05, 0) is 51.3 Å². The van der Waals surface area contributed by atoms with Crippen LogP contribution in [0.3, 0.4) is 0 Å². The van der Waals surface area contributed by atoms with Crippen molar-refractivity contribution in [3.63, 3.8) is 0 Å². The number of anilines is 1. The van der Waals surface area contributed by atoms with Crippen molar-refractivity contribution in [1.29, 1.82) is 0 Å². The Bertz CT molecular complexity index is 382. The number of aromatic nitrogens is 1. The highest BCUT2D eigenvalue weighted by atomic mass is 15.2. The predicted molar refractivity (Wildman–Crippen MR) is 77.2 cm³/mol. The Hall–Kier alpha value is -1.09. The molecule has 3 heteroatoms. The van der Waals surface area contributed by atoms with E-state index >= 15 is 0 Å². The molecule has 1 aromatic heterocycles. The largest absolute Gasteiger partial charge is 0.369 e. The van der Waals surface area contributed by atoms with Crippen molar-refractivity contribution in [2.45, 2.75) is 40.2 Å². The Morgan fingerprint density at radius 1 is 1.33 bits per heavy atom. The Balaban J connectivity index is 2.24. The first-order chi connectivity index (χ1) is 8.58. The molecule has 18 heavy (non-hydrogen) atoms. The molecule has 1 N–H and O–H groups in total. The van der Waals surface area contributed by atoms with Crippen LogP contribution in [0, 0.1) is 19.8 Å². The van der Waals surface area contributed by atoms with Crippen molar-refractivity contribution in [3.05, 3.63) is 23.5 Å². The summed E-state index contributed by atoms with van der Waals surface area (Å²) in [5, 5.41) is 3.59. The van der Waals surface area contributed by atoms with Gasteiger partial charge in [0.25, 0.3) is 0 Å². The Kier molecular flexibility index (Phi) is 4.23. The molecule has 0 saturated carbocycles. The van der Waals surface area contributed by atoms with Crippen molar-refractivity contribution < 1.29 is 0 Å². The lowest BCUT2D eigenvalue weighted by Crippen LogP contribution is -2.43. The molecule has 0 aromatic carbocycles. The van der Waals surface area contributed by atoms with E-state index in [9.17, 15) is 0 Å². The fraction of sp³-hybridized carbons (Fsp3) is 0.667. The topological polar surface area (TPSA) is 28.2 Å². The molecule has 2 heterocycles. The van der Waals surface area contributed by atoms with Gasteiger partial charge < -0.3 is 10.2 Å². The van der Waals surface area contributed by atoms with Gasteiger partial charge in [0.05, 0.1) is 11.4 Å². The minimum atomic E-state index is 0.604. The standard InChI is InChI=1S/C15H25N3/c1-11-9-17-13(3)6-8-18(10-11)15-12(2)5-7-16-14(15)4/h5,7,11,13,17H,6,8-10H2,1-4H3. The summed E-state index contributed by atoms with van der Waals surface area (Å²) in [4.78, 5) is 6.98. The quantitative estimate of drug-likeness (QED) is 0.826. The average Bonchev–Trinajstić information content (AvgIpc) is 2.31. The minimum absolute atomic E-state index is 0.604. The van der Waals surface area contributed by atoms with E-state index < -0.39 is 0 Å². The van der Waals surface area contributed by atoms with Crippen molar-refractivity contribution in [3.8, 4) is 0 Å². The van der Waals surface area contributed by atoms with E-state index in [1.165, 1.54) is 17.7 Å². The van der Waals surface area contributed by atoms with E-state index in [1.54, 1.807) is 0 Å². The summed E-state index contributed by atoms with van der Waals surface area (Å²) in [7, 11) is 0. The molecule has 1 fully saturated rings. The molecule has 0 amide bonds. The Morgan fingerprint density at radius 3 is 2.83 bits per heavy atom. The zero-order valence-electron chi connectivity index (χ0n) is 12.0. The van der Waals surface area contributed by atoms with Crippen LogP contribution in [0.15, 0.2) is 12.3 Å². The van der Waals surface area contributed by atoms with Crippen LogP contribution in [0.25, 0.3) is 0 Å². The first-order valence-corrected chi connectivity index (χ1v) is 6.98. The van der Waals surface area contributed by atoms with Gasteiger partial charge in [0.1, 0.15) is 0 Å². The van der Waals surface area contributed by atoms with Crippen molar-refractivity contribution in [2.75, 3.05) is 24.5 Å². The first kappa shape index (κ1) is 13.3. The summed E-state index contributed by atoms with van der Waals surface area (Å²) in [6, 6.07) is 2.72. The highest BCUT2D eigenvalue weighted by molar-refractivity contribution is 5.56. The van der Waals surface area contributed by atoms with E-state index in [1.807, 2.05) is 6.20 Å². The fourth-order valence-electron chi connectivity index (χ4n) is 2.75. The maximum Gasteiger partial charge on any atom is 0.0612 e. The normalized spacial score (nSPS) is 25.7. The van der Waals surface area contributed by atoms with Gasteiger partial charge in [0.2, 0.25) is 0 Å².